The molecule has 0 saturated carbocycles. The van der Waals surface area contributed by atoms with E-state index in [1.54, 1.807) is 12.1 Å². The highest BCUT2D eigenvalue weighted by molar-refractivity contribution is 6.29. The molecule has 2 nitrogen and oxygen atoms in total. The van der Waals surface area contributed by atoms with E-state index in [1.807, 2.05) is 12.1 Å². The Balaban J connectivity index is 2.68. The maximum absolute atomic E-state index is 10.6. The molecule has 1 rings (SSSR count). The third-order valence-electron chi connectivity index (χ3n) is 1.58. The van der Waals surface area contributed by atoms with Crippen LogP contribution in [0.15, 0.2) is 35.9 Å². The van der Waals surface area contributed by atoms with E-state index < -0.39 is 0 Å². The quantitative estimate of drug-likeness (QED) is 0.567. The molecule has 0 aromatic heterocycles. The lowest BCUT2D eigenvalue weighted by atomic mass is 10.1. The Labute approximate surface area is 88.1 Å². The predicted molar refractivity (Wildman–Crippen MR) is 56.4 cm³/mol. The van der Waals surface area contributed by atoms with Crippen molar-refractivity contribution < 1.29 is 9.53 Å². The summed E-state index contributed by atoms with van der Waals surface area (Å²) in [7, 11) is 0. The molecule has 0 saturated heterocycles. The molecule has 3 heteroatoms. The molecule has 0 amide bonds. The summed E-state index contributed by atoms with van der Waals surface area (Å²) in [6.45, 7) is 4.97. The molecule has 1 aromatic carbocycles. The van der Waals surface area contributed by atoms with Gasteiger partial charge in [-0.1, -0.05) is 30.3 Å². The smallest absolute Gasteiger partial charge is 0.308 e. The molecule has 0 atom stereocenters. The van der Waals surface area contributed by atoms with Gasteiger partial charge in [0.1, 0.15) is 5.75 Å². The van der Waals surface area contributed by atoms with Crippen LogP contribution in [0.5, 0.6) is 5.75 Å². The summed E-state index contributed by atoms with van der Waals surface area (Å²) in [4.78, 5) is 10.6. The topological polar surface area (TPSA) is 26.3 Å². The number of carbonyl (C=O) groups excluding carboxylic acids is 1. The third kappa shape index (κ3) is 3.62. The van der Waals surface area contributed by atoms with Crippen molar-refractivity contribution in [3.05, 3.63) is 41.4 Å². The third-order valence-corrected chi connectivity index (χ3v) is 1.71. The van der Waals surface area contributed by atoms with Gasteiger partial charge in [0, 0.05) is 18.4 Å². The number of allylic oxidation sites excluding steroid dienone is 1. The van der Waals surface area contributed by atoms with Crippen molar-refractivity contribution in [3.8, 4) is 5.75 Å². The van der Waals surface area contributed by atoms with Crippen LogP contribution in [0.4, 0.5) is 0 Å². The molecular weight excluding hydrogens is 200 g/mol. The van der Waals surface area contributed by atoms with E-state index in [4.69, 9.17) is 16.3 Å². The minimum atomic E-state index is -0.320. The minimum Gasteiger partial charge on any atom is -0.427 e. The molecule has 14 heavy (non-hydrogen) atoms. The van der Waals surface area contributed by atoms with Crippen LogP contribution in [-0.4, -0.2) is 5.97 Å². The number of esters is 1. The summed E-state index contributed by atoms with van der Waals surface area (Å²) >= 11 is 5.66. The van der Waals surface area contributed by atoms with E-state index in [-0.39, 0.29) is 5.97 Å². The van der Waals surface area contributed by atoms with Gasteiger partial charge < -0.3 is 4.74 Å². The lowest BCUT2D eigenvalue weighted by molar-refractivity contribution is -0.131. The van der Waals surface area contributed by atoms with E-state index in [0.717, 1.165) is 5.56 Å². The SMILES string of the molecule is C=C(Cl)Cc1ccc(OC(C)=O)cc1. The van der Waals surface area contributed by atoms with E-state index >= 15 is 0 Å². The molecule has 0 heterocycles. The van der Waals surface area contributed by atoms with Crippen molar-refractivity contribution in [2.75, 3.05) is 0 Å². The van der Waals surface area contributed by atoms with Crippen molar-refractivity contribution in [1.82, 2.24) is 0 Å². The number of hydrogen-bond acceptors (Lipinski definition) is 2. The van der Waals surface area contributed by atoms with Crippen LogP contribution in [0.3, 0.4) is 0 Å². The van der Waals surface area contributed by atoms with Gasteiger partial charge in [-0.25, -0.2) is 0 Å². The van der Waals surface area contributed by atoms with Gasteiger partial charge in [0.05, 0.1) is 0 Å². The summed E-state index contributed by atoms with van der Waals surface area (Å²) < 4.78 is 4.88. The van der Waals surface area contributed by atoms with Crippen LogP contribution in [0.25, 0.3) is 0 Å². The summed E-state index contributed by atoms with van der Waals surface area (Å²) in [6.07, 6.45) is 0.627. The fraction of sp³-hybridized carbons (Fsp3) is 0.182. The number of hydrogen-bond donors (Lipinski definition) is 0. The molecule has 1 aromatic rings. The van der Waals surface area contributed by atoms with Crippen LogP contribution < -0.4 is 4.74 Å². The molecule has 0 N–H and O–H groups in total. The van der Waals surface area contributed by atoms with Gasteiger partial charge in [-0.05, 0) is 17.7 Å². The highest BCUT2D eigenvalue weighted by Gasteiger charge is 1.98. The van der Waals surface area contributed by atoms with Crippen molar-refractivity contribution in [2.24, 2.45) is 0 Å². The van der Waals surface area contributed by atoms with Gasteiger partial charge in [0.2, 0.25) is 0 Å². The fourth-order valence-corrected chi connectivity index (χ4v) is 1.22. The van der Waals surface area contributed by atoms with E-state index in [2.05, 4.69) is 6.58 Å². The zero-order valence-electron chi connectivity index (χ0n) is 7.92. The van der Waals surface area contributed by atoms with Gasteiger partial charge in [-0.2, -0.15) is 0 Å². The second-order valence-electron chi connectivity index (χ2n) is 2.93. The van der Waals surface area contributed by atoms with Gasteiger partial charge in [0.15, 0.2) is 0 Å². The molecule has 0 aliphatic rings. The predicted octanol–water partition coefficient (Wildman–Crippen LogP) is 2.91. The summed E-state index contributed by atoms with van der Waals surface area (Å²) in [5.41, 5.74) is 1.04. The van der Waals surface area contributed by atoms with Gasteiger partial charge in [-0.3, -0.25) is 4.79 Å². The Morgan fingerprint density at radius 3 is 2.43 bits per heavy atom. The fourth-order valence-electron chi connectivity index (χ4n) is 1.06. The standard InChI is InChI=1S/C11H11ClO2/c1-8(12)7-10-3-5-11(6-4-10)14-9(2)13/h3-6H,1,7H2,2H3. The first-order valence-electron chi connectivity index (χ1n) is 4.18. The number of ether oxygens (including phenoxy) is 1. The number of carbonyl (C=O) groups is 1. The maximum atomic E-state index is 10.6. The molecule has 0 unspecified atom stereocenters. The monoisotopic (exact) mass is 210 g/mol. The van der Waals surface area contributed by atoms with Crippen LogP contribution in [0, 0.1) is 0 Å². The number of rotatable bonds is 3. The first kappa shape index (κ1) is 10.8. The van der Waals surface area contributed by atoms with Crippen molar-refractivity contribution in [2.45, 2.75) is 13.3 Å². The van der Waals surface area contributed by atoms with Crippen molar-refractivity contribution in [1.29, 1.82) is 0 Å². The van der Waals surface area contributed by atoms with Crippen LogP contribution in [0.2, 0.25) is 0 Å². The number of halogens is 1. The summed E-state index contributed by atoms with van der Waals surface area (Å²) in [5, 5.41) is 0.588. The van der Waals surface area contributed by atoms with Crippen molar-refractivity contribution in [3.63, 3.8) is 0 Å². The van der Waals surface area contributed by atoms with Gasteiger partial charge in [-0.15, -0.1) is 0 Å². The molecular formula is C11H11ClO2. The Morgan fingerprint density at radius 1 is 1.43 bits per heavy atom. The number of benzene rings is 1. The molecule has 0 spiro atoms. The highest BCUT2D eigenvalue weighted by Crippen LogP contribution is 2.15. The van der Waals surface area contributed by atoms with Crippen LogP contribution in [-0.2, 0) is 11.2 Å². The van der Waals surface area contributed by atoms with Crippen molar-refractivity contribution >= 4 is 17.6 Å². The molecule has 0 aliphatic carbocycles. The lowest BCUT2D eigenvalue weighted by Crippen LogP contribution is -2.01. The molecule has 0 aliphatic heterocycles. The Bertz CT molecular complexity index is 306. The zero-order valence-corrected chi connectivity index (χ0v) is 8.67. The summed E-state index contributed by atoms with van der Waals surface area (Å²) in [5.74, 6) is 0.223. The average molecular weight is 211 g/mol. The van der Waals surface area contributed by atoms with Gasteiger partial charge in [0.25, 0.3) is 0 Å². The minimum absolute atomic E-state index is 0.320. The van der Waals surface area contributed by atoms with E-state index in [1.165, 1.54) is 6.92 Å². The first-order chi connectivity index (χ1) is 6.58. The summed E-state index contributed by atoms with van der Waals surface area (Å²) in [6, 6.07) is 7.17. The molecule has 74 valence electrons. The molecule has 0 fully saturated rings. The second kappa shape index (κ2) is 4.82. The first-order valence-corrected chi connectivity index (χ1v) is 4.56. The Hall–Kier alpha value is -1.28. The maximum Gasteiger partial charge on any atom is 0.308 e. The normalized spacial score (nSPS) is 9.57. The van der Waals surface area contributed by atoms with Crippen LogP contribution in [0.1, 0.15) is 12.5 Å². The Morgan fingerprint density at radius 2 is 2.00 bits per heavy atom. The van der Waals surface area contributed by atoms with Crippen LogP contribution >= 0.6 is 11.6 Å². The van der Waals surface area contributed by atoms with E-state index in [0.29, 0.717) is 17.2 Å². The largest absolute Gasteiger partial charge is 0.427 e. The van der Waals surface area contributed by atoms with Gasteiger partial charge >= 0.3 is 5.97 Å². The zero-order chi connectivity index (χ0) is 10.6. The average Bonchev–Trinajstić information content (AvgIpc) is 2.06. The molecule has 0 radical (unpaired) electrons. The Kier molecular flexibility index (Phi) is 3.72. The molecule has 0 bridgehead atoms. The highest BCUT2D eigenvalue weighted by atomic mass is 35.5. The lowest BCUT2D eigenvalue weighted by Gasteiger charge is -2.02. The van der Waals surface area contributed by atoms with E-state index in [9.17, 15) is 4.79 Å². The second-order valence-corrected chi connectivity index (χ2v) is 3.47.